The van der Waals surface area contributed by atoms with Gasteiger partial charge in [-0.15, -0.1) is 11.3 Å². The van der Waals surface area contributed by atoms with E-state index >= 15 is 0 Å². The van der Waals surface area contributed by atoms with E-state index in [1.165, 1.54) is 7.11 Å². The second-order valence-electron chi connectivity index (χ2n) is 4.16. The molecule has 0 aromatic carbocycles. The molecule has 0 bridgehead atoms. The molecule has 1 aromatic heterocycles. The summed E-state index contributed by atoms with van der Waals surface area (Å²) in [5.74, 6) is 0. The Kier molecular flexibility index (Phi) is 3.75. The van der Waals surface area contributed by atoms with Gasteiger partial charge in [0, 0.05) is 19.3 Å². The number of ether oxygens (including phenoxy) is 1. The van der Waals surface area contributed by atoms with E-state index < -0.39 is 31.2 Å². The molecule has 0 saturated heterocycles. The Morgan fingerprint density at radius 3 is 2.63 bits per heavy atom. The van der Waals surface area contributed by atoms with Crippen LogP contribution in [-0.4, -0.2) is 40.9 Å². The second kappa shape index (κ2) is 4.79. The zero-order valence-electron chi connectivity index (χ0n) is 9.94. The molecule has 10 heteroatoms. The smallest absolute Gasteiger partial charge is 0.247 e. The fourth-order valence-electron chi connectivity index (χ4n) is 1.99. The third kappa shape index (κ3) is 2.43. The number of methoxy groups -OCH3 is 1. The van der Waals surface area contributed by atoms with Gasteiger partial charge in [0.15, 0.2) is 9.84 Å². The quantitative estimate of drug-likeness (QED) is 0.777. The Hall–Kier alpha value is -0.520. The second-order valence-corrected chi connectivity index (χ2v) is 9.37. The van der Waals surface area contributed by atoms with E-state index in [0.717, 1.165) is 6.07 Å². The SMILES string of the molecule is COCCC1C(O)c2cc(S(N)(=O)=O)sc2S1(=O)=O. The minimum atomic E-state index is -3.97. The van der Waals surface area contributed by atoms with Crippen LogP contribution < -0.4 is 5.14 Å². The minimum Gasteiger partial charge on any atom is -0.387 e. The van der Waals surface area contributed by atoms with Crippen LogP contribution in [0.1, 0.15) is 18.1 Å². The Morgan fingerprint density at radius 2 is 2.16 bits per heavy atom. The summed E-state index contributed by atoms with van der Waals surface area (Å²) in [6, 6.07) is 1.13. The molecule has 2 atom stereocenters. The predicted octanol–water partition coefficient (Wildman–Crippen LogP) is -0.379. The Morgan fingerprint density at radius 1 is 1.53 bits per heavy atom. The highest BCUT2D eigenvalue weighted by Gasteiger charge is 2.46. The van der Waals surface area contributed by atoms with Gasteiger partial charge in [0.05, 0.1) is 11.4 Å². The summed E-state index contributed by atoms with van der Waals surface area (Å²) in [4.78, 5) is 0. The van der Waals surface area contributed by atoms with Gasteiger partial charge in [0.25, 0.3) is 0 Å². The van der Waals surface area contributed by atoms with Crippen molar-refractivity contribution in [3.63, 3.8) is 0 Å². The fourth-order valence-corrected chi connectivity index (χ4v) is 6.60. The predicted molar refractivity (Wildman–Crippen MR) is 68.1 cm³/mol. The highest BCUT2D eigenvalue weighted by molar-refractivity contribution is 7.95. The normalized spacial score (nSPS) is 25.4. The maximum absolute atomic E-state index is 12.2. The number of hydrogen-bond acceptors (Lipinski definition) is 7. The van der Waals surface area contributed by atoms with Crippen molar-refractivity contribution in [2.24, 2.45) is 5.14 Å². The van der Waals surface area contributed by atoms with Crippen LogP contribution >= 0.6 is 11.3 Å². The van der Waals surface area contributed by atoms with Crippen molar-refractivity contribution in [1.29, 1.82) is 0 Å². The van der Waals surface area contributed by atoms with Gasteiger partial charge in [-0.05, 0) is 12.5 Å². The average Bonchev–Trinajstić information content (AvgIpc) is 2.79. The van der Waals surface area contributed by atoms with Gasteiger partial charge in [-0.1, -0.05) is 0 Å². The van der Waals surface area contributed by atoms with Crippen molar-refractivity contribution in [2.75, 3.05) is 13.7 Å². The number of nitrogens with two attached hydrogens (primary N) is 1. The van der Waals surface area contributed by atoms with Gasteiger partial charge in [-0.3, -0.25) is 0 Å². The first-order valence-electron chi connectivity index (χ1n) is 5.27. The first kappa shape index (κ1) is 14.9. The van der Waals surface area contributed by atoms with E-state index in [4.69, 9.17) is 9.88 Å². The average molecular weight is 327 g/mol. The lowest BCUT2D eigenvalue weighted by atomic mass is 10.1. The van der Waals surface area contributed by atoms with Crippen LogP contribution in [0.4, 0.5) is 0 Å². The number of primary sulfonamides is 1. The molecule has 1 aliphatic rings. The Labute approximate surface area is 115 Å². The van der Waals surface area contributed by atoms with Crippen molar-refractivity contribution in [3.05, 3.63) is 11.6 Å². The molecule has 7 nitrogen and oxygen atoms in total. The molecular formula is C9H13NO6S3. The van der Waals surface area contributed by atoms with E-state index in [9.17, 15) is 21.9 Å². The highest BCUT2D eigenvalue weighted by Crippen LogP contribution is 2.46. The maximum Gasteiger partial charge on any atom is 0.247 e. The summed E-state index contributed by atoms with van der Waals surface area (Å²) < 4.78 is 51.2. The van der Waals surface area contributed by atoms with Crippen molar-refractivity contribution in [1.82, 2.24) is 0 Å². The third-order valence-corrected chi connectivity index (χ3v) is 8.27. The van der Waals surface area contributed by atoms with Crippen LogP contribution in [0.2, 0.25) is 0 Å². The molecule has 0 spiro atoms. The molecule has 2 rings (SSSR count). The minimum absolute atomic E-state index is 0.107. The number of rotatable bonds is 4. The summed E-state index contributed by atoms with van der Waals surface area (Å²) >= 11 is 0.575. The summed E-state index contributed by atoms with van der Waals surface area (Å²) in [5, 5.41) is 14.0. The van der Waals surface area contributed by atoms with E-state index in [1.54, 1.807) is 0 Å². The summed E-state index contributed by atoms with van der Waals surface area (Å²) in [7, 11) is -6.28. The number of aliphatic hydroxyl groups is 1. The van der Waals surface area contributed by atoms with Crippen LogP contribution in [0.25, 0.3) is 0 Å². The molecule has 2 heterocycles. The number of sulfonamides is 1. The van der Waals surface area contributed by atoms with Crippen LogP contribution in [0, 0.1) is 0 Å². The lowest BCUT2D eigenvalue weighted by Gasteiger charge is -2.13. The van der Waals surface area contributed by atoms with Crippen molar-refractivity contribution in [3.8, 4) is 0 Å². The summed E-state index contributed by atoms with van der Waals surface area (Å²) in [6.45, 7) is 0.192. The topological polar surface area (TPSA) is 124 Å². The number of hydrogen-bond donors (Lipinski definition) is 2. The lowest BCUT2D eigenvalue weighted by molar-refractivity contribution is 0.142. The molecule has 3 N–H and O–H groups in total. The van der Waals surface area contributed by atoms with Gasteiger partial charge < -0.3 is 9.84 Å². The Balaban J connectivity index is 2.48. The maximum atomic E-state index is 12.2. The van der Waals surface area contributed by atoms with E-state index in [-0.39, 0.29) is 27.0 Å². The van der Waals surface area contributed by atoms with Gasteiger partial charge in [-0.2, -0.15) is 0 Å². The number of aliphatic hydroxyl groups excluding tert-OH is 1. The van der Waals surface area contributed by atoms with E-state index in [1.807, 2.05) is 0 Å². The van der Waals surface area contributed by atoms with Gasteiger partial charge in [0.1, 0.15) is 8.42 Å². The molecule has 0 aliphatic carbocycles. The van der Waals surface area contributed by atoms with Gasteiger partial charge in [0.2, 0.25) is 10.0 Å². The van der Waals surface area contributed by atoms with Crippen molar-refractivity contribution < 1.29 is 26.7 Å². The van der Waals surface area contributed by atoms with Crippen LogP contribution in [0.15, 0.2) is 14.5 Å². The molecule has 1 aromatic rings. The van der Waals surface area contributed by atoms with E-state index in [2.05, 4.69) is 0 Å². The summed E-state index contributed by atoms with van der Waals surface area (Å²) in [5.41, 5.74) is 0.107. The highest BCUT2D eigenvalue weighted by atomic mass is 32.3. The van der Waals surface area contributed by atoms with Crippen LogP contribution in [0.3, 0.4) is 0 Å². The number of thiophene rings is 1. The van der Waals surface area contributed by atoms with Crippen molar-refractivity contribution >= 4 is 31.2 Å². The monoisotopic (exact) mass is 327 g/mol. The van der Waals surface area contributed by atoms with Crippen LogP contribution in [-0.2, 0) is 24.6 Å². The molecule has 0 fully saturated rings. The molecule has 108 valence electrons. The molecule has 0 radical (unpaired) electrons. The summed E-state index contributed by atoms with van der Waals surface area (Å²) in [6.07, 6.45) is -1.10. The van der Waals surface area contributed by atoms with Crippen LogP contribution in [0.5, 0.6) is 0 Å². The third-order valence-electron chi connectivity index (χ3n) is 2.92. The zero-order valence-corrected chi connectivity index (χ0v) is 12.4. The molecule has 2 unspecified atom stereocenters. The fraction of sp³-hybridized carbons (Fsp3) is 0.556. The first-order valence-corrected chi connectivity index (χ1v) is 9.18. The molecule has 1 aliphatic heterocycles. The van der Waals surface area contributed by atoms with Crippen molar-refractivity contribution in [2.45, 2.75) is 26.2 Å². The first-order chi connectivity index (χ1) is 8.69. The van der Waals surface area contributed by atoms with Gasteiger partial charge in [-0.25, -0.2) is 22.0 Å². The number of fused-ring (bicyclic) bond motifs is 1. The molecule has 19 heavy (non-hydrogen) atoms. The lowest BCUT2D eigenvalue weighted by Crippen LogP contribution is -2.23. The molecular weight excluding hydrogens is 314 g/mol. The standard InChI is InChI=1S/C9H13NO6S3/c1-16-3-2-6-8(11)5-4-7(19(10,14)15)17-9(5)18(6,12)13/h4,6,8,11H,2-3H2,1H3,(H2,10,14,15). The number of sulfone groups is 1. The van der Waals surface area contributed by atoms with E-state index in [0.29, 0.717) is 11.3 Å². The van der Waals surface area contributed by atoms with Gasteiger partial charge >= 0.3 is 0 Å². The largest absolute Gasteiger partial charge is 0.387 e. The zero-order chi connectivity index (χ0) is 14.4. The molecule has 0 amide bonds. The molecule has 0 saturated carbocycles. The Bertz CT molecular complexity index is 690.